The topological polar surface area (TPSA) is 70.6 Å². The maximum Gasteiger partial charge on any atom is 0.188 e. The summed E-state index contributed by atoms with van der Waals surface area (Å²) in [7, 11) is 0. The summed E-state index contributed by atoms with van der Waals surface area (Å²) in [5, 5.41) is 12.2. The molecule has 0 aliphatic carbocycles. The van der Waals surface area contributed by atoms with Crippen LogP contribution in [0.5, 0.6) is 5.75 Å². The van der Waals surface area contributed by atoms with Gasteiger partial charge in [0.05, 0.1) is 0 Å². The molecule has 0 saturated heterocycles. The van der Waals surface area contributed by atoms with E-state index in [1.165, 1.54) is 0 Å². The highest BCUT2D eigenvalue weighted by atomic mass is 16.3. The molecule has 0 fully saturated rings. The highest BCUT2D eigenvalue weighted by Gasteiger charge is 1.94. The maximum absolute atomic E-state index is 9.14. The van der Waals surface area contributed by atoms with E-state index in [1.807, 2.05) is 12.1 Å². The first-order valence-corrected chi connectivity index (χ1v) is 6.04. The number of nitrogens with zero attached hydrogens (tertiary/aromatic N) is 1. The zero-order valence-corrected chi connectivity index (χ0v) is 10.3. The number of phenolic OH excluding ortho intramolecular Hbond substituents is 1. The first-order chi connectivity index (χ1) is 8.22. The van der Waals surface area contributed by atoms with Gasteiger partial charge in [0.2, 0.25) is 0 Å². The molecule has 0 unspecified atom stereocenters. The number of nitrogens with one attached hydrogen (secondary N) is 1. The van der Waals surface area contributed by atoms with Crippen LogP contribution in [0.4, 0.5) is 0 Å². The van der Waals surface area contributed by atoms with Crippen LogP contribution < -0.4 is 11.1 Å². The molecule has 0 aromatic heterocycles. The van der Waals surface area contributed by atoms with Crippen molar-refractivity contribution in [2.24, 2.45) is 10.7 Å². The molecule has 4 nitrogen and oxygen atoms in total. The number of benzene rings is 1. The van der Waals surface area contributed by atoms with Gasteiger partial charge in [0, 0.05) is 13.1 Å². The van der Waals surface area contributed by atoms with Gasteiger partial charge in [0.15, 0.2) is 5.96 Å². The van der Waals surface area contributed by atoms with Crippen molar-refractivity contribution in [3.05, 3.63) is 29.8 Å². The van der Waals surface area contributed by atoms with Crippen LogP contribution in [-0.2, 0) is 6.42 Å². The van der Waals surface area contributed by atoms with Gasteiger partial charge < -0.3 is 16.2 Å². The number of unbranched alkanes of at least 4 members (excludes halogenated alkanes) is 1. The fourth-order valence-electron chi connectivity index (χ4n) is 1.41. The minimum Gasteiger partial charge on any atom is -0.508 e. The van der Waals surface area contributed by atoms with Crippen molar-refractivity contribution < 1.29 is 5.11 Å². The van der Waals surface area contributed by atoms with Gasteiger partial charge in [-0.2, -0.15) is 0 Å². The maximum atomic E-state index is 9.14. The number of guanidine groups is 1. The summed E-state index contributed by atoms with van der Waals surface area (Å²) in [6.07, 6.45) is 3.06. The van der Waals surface area contributed by atoms with E-state index >= 15 is 0 Å². The first kappa shape index (κ1) is 13.4. The third-order valence-corrected chi connectivity index (χ3v) is 2.45. The lowest BCUT2D eigenvalue weighted by Gasteiger charge is -2.05. The number of hydrogen-bond donors (Lipinski definition) is 3. The molecule has 0 aliphatic heterocycles. The van der Waals surface area contributed by atoms with E-state index in [0.29, 0.717) is 11.7 Å². The molecular formula is C13H21N3O. The Morgan fingerprint density at radius 2 is 2.06 bits per heavy atom. The van der Waals surface area contributed by atoms with Crippen LogP contribution in [0.3, 0.4) is 0 Å². The van der Waals surface area contributed by atoms with Gasteiger partial charge in [0.25, 0.3) is 0 Å². The van der Waals surface area contributed by atoms with Crippen molar-refractivity contribution in [2.75, 3.05) is 13.1 Å². The Kier molecular flexibility index (Phi) is 5.93. The van der Waals surface area contributed by atoms with E-state index in [-0.39, 0.29) is 0 Å². The predicted molar refractivity (Wildman–Crippen MR) is 71.2 cm³/mol. The second kappa shape index (κ2) is 7.54. The number of hydrogen-bond acceptors (Lipinski definition) is 2. The number of rotatable bonds is 6. The van der Waals surface area contributed by atoms with Crippen LogP contribution in [0.15, 0.2) is 29.3 Å². The zero-order valence-electron chi connectivity index (χ0n) is 10.3. The Balaban J connectivity index is 2.23. The number of phenols is 1. The zero-order chi connectivity index (χ0) is 12.5. The third kappa shape index (κ3) is 5.80. The van der Waals surface area contributed by atoms with Gasteiger partial charge in [-0.1, -0.05) is 25.5 Å². The average Bonchev–Trinajstić information content (AvgIpc) is 2.32. The first-order valence-electron chi connectivity index (χ1n) is 6.04. The summed E-state index contributed by atoms with van der Waals surface area (Å²) in [6.45, 7) is 3.67. The Morgan fingerprint density at radius 3 is 2.71 bits per heavy atom. The van der Waals surface area contributed by atoms with Gasteiger partial charge >= 0.3 is 0 Å². The molecule has 94 valence electrons. The van der Waals surface area contributed by atoms with Gasteiger partial charge in [-0.3, -0.25) is 4.99 Å². The molecule has 0 saturated carbocycles. The second-order valence-corrected chi connectivity index (χ2v) is 3.96. The molecule has 0 atom stereocenters. The quantitative estimate of drug-likeness (QED) is 0.399. The molecule has 4 N–H and O–H groups in total. The van der Waals surface area contributed by atoms with E-state index in [0.717, 1.165) is 37.9 Å². The Labute approximate surface area is 103 Å². The summed E-state index contributed by atoms with van der Waals surface area (Å²) in [5.41, 5.74) is 6.87. The number of aromatic hydroxyl groups is 1. The van der Waals surface area contributed by atoms with Crippen LogP contribution in [0.2, 0.25) is 0 Å². The largest absolute Gasteiger partial charge is 0.508 e. The van der Waals surface area contributed by atoms with Crippen molar-refractivity contribution in [1.82, 2.24) is 5.32 Å². The minimum absolute atomic E-state index is 0.294. The monoisotopic (exact) mass is 235 g/mol. The molecular weight excluding hydrogens is 214 g/mol. The minimum atomic E-state index is 0.294. The Hall–Kier alpha value is -1.71. The fraction of sp³-hybridized carbons (Fsp3) is 0.462. The van der Waals surface area contributed by atoms with Crippen LogP contribution in [0.1, 0.15) is 25.3 Å². The van der Waals surface area contributed by atoms with Gasteiger partial charge in [-0.25, -0.2) is 0 Å². The molecule has 0 spiro atoms. The lowest BCUT2D eigenvalue weighted by molar-refractivity contribution is 0.475. The van der Waals surface area contributed by atoms with E-state index in [9.17, 15) is 0 Å². The lowest BCUT2D eigenvalue weighted by Crippen LogP contribution is -2.33. The van der Waals surface area contributed by atoms with Gasteiger partial charge in [0.1, 0.15) is 5.75 Å². The lowest BCUT2D eigenvalue weighted by atomic mass is 10.1. The molecule has 1 rings (SSSR count). The molecule has 0 amide bonds. The average molecular weight is 235 g/mol. The number of aliphatic imine (C=N–C) groups is 1. The standard InChI is InChI=1S/C13H21N3O/c1-2-3-9-15-13(14)16-10-8-11-4-6-12(17)7-5-11/h4-7,17H,2-3,8-10H2,1H3,(H3,14,15,16). The molecule has 0 heterocycles. The molecule has 0 bridgehead atoms. The molecule has 4 heteroatoms. The smallest absolute Gasteiger partial charge is 0.188 e. The molecule has 17 heavy (non-hydrogen) atoms. The molecule has 1 aromatic carbocycles. The normalized spacial score (nSPS) is 11.5. The van der Waals surface area contributed by atoms with Crippen LogP contribution in [-0.4, -0.2) is 24.2 Å². The Bertz CT molecular complexity index is 346. The fourth-order valence-corrected chi connectivity index (χ4v) is 1.41. The van der Waals surface area contributed by atoms with Crippen molar-refractivity contribution in [1.29, 1.82) is 0 Å². The van der Waals surface area contributed by atoms with Gasteiger partial charge in [-0.05, 0) is 30.5 Å². The van der Waals surface area contributed by atoms with Crippen molar-refractivity contribution in [3.63, 3.8) is 0 Å². The summed E-state index contributed by atoms with van der Waals surface area (Å²) in [4.78, 5) is 4.20. The van der Waals surface area contributed by atoms with Crippen molar-refractivity contribution >= 4 is 5.96 Å². The Morgan fingerprint density at radius 1 is 1.35 bits per heavy atom. The highest BCUT2D eigenvalue weighted by Crippen LogP contribution is 2.09. The van der Waals surface area contributed by atoms with E-state index < -0.39 is 0 Å². The third-order valence-electron chi connectivity index (χ3n) is 2.45. The molecule has 0 radical (unpaired) electrons. The van der Waals surface area contributed by atoms with E-state index in [2.05, 4.69) is 17.2 Å². The molecule has 0 aliphatic rings. The predicted octanol–water partition coefficient (Wildman–Crippen LogP) is 1.64. The van der Waals surface area contributed by atoms with Crippen molar-refractivity contribution in [3.8, 4) is 5.75 Å². The highest BCUT2D eigenvalue weighted by molar-refractivity contribution is 5.77. The molecule has 1 aromatic rings. The second-order valence-electron chi connectivity index (χ2n) is 3.96. The summed E-state index contributed by atoms with van der Waals surface area (Å²) in [6, 6.07) is 7.19. The summed E-state index contributed by atoms with van der Waals surface area (Å²) < 4.78 is 0. The van der Waals surface area contributed by atoms with E-state index in [1.54, 1.807) is 12.1 Å². The SMILES string of the molecule is CCCCN=C(N)NCCc1ccc(O)cc1. The summed E-state index contributed by atoms with van der Waals surface area (Å²) in [5.74, 6) is 0.805. The van der Waals surface area contributed by atoms with Crippen LogP contribution in [0, 0.1) is 0 Å². The van der Waals surface area contributed by atoms with Crippen LogP contribution in [0.25, 0.3) is 0 Å². The summed E-state index contributed by atoms with van der Waals surface area (Å²) >= 11 is 0. The van der Waals surface area contributed by atoms with Crippen molar-refractivity contribution in [2.45, 2.75) is 26.2 Å². The number of nitrogens with two attached hydrogens (primary N) is 1. The van der Waals surface area contributed by atoms with Crippen LogP contribution >= 0.6 is 0 Å². The van der Waals surface area contributed by atoms with E-state index in [4.69, 9.17) is 10.8 Å². The van der Waals surface area contributed by atoms with Gasteiger partial charge in [-0.15, -0.1) is 0 Å².